The van der Waals surface area contributed by atoms with E-state index in [0.717, 1.165) is 46.2 Å². The van der Waals surface area contributed by atoms with Crippen LogP contribution in [0.3, 0.4) is 0 Å². The third-order valence-electron chi connectivity index (χ3n) is 8.26. The molecular formula is C37H38N2O2. The number of unbranched alkanes of at least 4 members (excludes halogenated alkanes) is 2. The van der Waals surface area contributed by atoms with Crippen molar-refractivity contribution in [1.82, 2.24) is 9.97 Å². The lowest BCUT2D eigenvalue weighted by atomic mass is 9.78. The first-order valence-corrected chi connectivity index (χ1v) is 15.0. The smallest absolute Gasteiger partial charge is 0.227 e. The minimum Gasteiger partial charge on any atom is -0.436 e. The summed E-state index contributed by atoms with van der Waals surface area (Å²) in [7, 11) is 0. The minimum atomic E-state index is -0.261. The fourth-order valence-corrected chi connectivity index (χ4v) is 5.44. The quantitative estimate of drug-likeness (QED) is 0.173. The zero-order valence-corrected chi connectivity index (χ0v) is 24.5. The van der Waals surface area contributed by atoms with Gasteiger partial charge in [0.05, 0.1) is 0 Å². The maximum absolute atomic E-state index is 6.14. The highest BCUT2D eigenvalue weighted by Crippen LogP contribution is 2.36. The van der Waals surface area contributed by atoms with Gasteiger partial charge in [-0.15, -0.1) is 0 Å². The molecule has 0 spiro atoms. The van der Waals surface area contributed by atoms with E-state index in [1.54, 1.807) is 0 Å². The van der Waals surface area contributed by atoms with Crippen LogP contribution in [0.1, 0.15) is 75.6 Å². The van der Waals surface area contributed by atoms with E-state index in [-0.39, 0.29) is 5.41 Å². The lowest BCUT2D eigenvalue weighted by molar-refractivity contribution is 0.617. The molecule has 0 bridgehead atoms. The molecule has 41 heavy (non-hydrogen) atoms. The van der Waals surface area contributed by atoms with E-state index in [1.165, 1.54) is 47.9 Å². The predicted octanol–water partition coefficient (Wildman–Crippen LogP) is 10.3. The molecule has 0 saturated carbocycles. The van der Waals surface area contributed by atoms with Gasteiger partial charge in [-0.3, -0.25) is 0 Å². The van der Waals surface area contributed by atoms with Crippen molar-refractivity contribution in [2.24, 2.45) is 0 Å². The summed E-state index contributed by atoms with van der Waals surface area (Å²) in [6.07, 6.45) is 7.03. The number of aromatic nitrogens is 2. The van der Waals surface area contributed by atoms with Gasteiger partial charge in [0.1, 0.15) is 11.0 Å². The lowest BCUT2D eigenvalue weighted by Gasteiger charge is -2.26. The Morgan fingerprint density at radius 1 is 0.561 bits per heavy atom. The zero-order chi connectivity index (χ0) is 28.4. The van der Waals surface area contributed by atoms with Crippen LogP contribution < -0.4 is 0 Å². The van der Waals surface area contributed by atoms with Crippen LogP contribution in [0.15, 0.2) is 93.8 Å². The van der Waals surface area contributed by atoms with Crippen molar-refractivity contribution in [2.45, 2.75) is 71.6 Å². The van der Waals surface area contributed by atoms with Crippen LogP contribution in [0.2, 0.25) is 0 Å². The summed E-state index contributed by atoms with van der Waals surface area (Å²) in [5, 5.41) is 0. The Bertz CT molecular complexity index is 1640. The fraction of sp³-hybridized carbons (Fsp3) is 0.297. The summed E-state index contributed by atoms with van der Waals surface area (Å²) in [5.41, 5.74) is 10.1. The van der Waals surface area contributed by atoms with E-state index in [0.29, 0.717) is 11.8 Å². The number of hydrogen-bond acceptors (Lipinski definition) is 4. The van der Waals surface area contributed by atoms with E-state index in [4.69, 9.17) is 18.8 Å². The largest absolute Gasteiger partial charge is 0.436 e. The topological polar surface area (TPSA) is 52.1 Å². The maximum atomic E-state index is 6.14. The van der Waals surface area contributed by atoms with E-state index < -0.39 is 0 Å². The lowest BCUT2D eigenvalue weighted by Crippen LogP contribution is -2.18. The Morgan fingerprint density at radius 3 is 1.37 bits per heavy atom. The molecule has 0 saturated heterocycles. The molecule has 6 rings (SSSR count). The number of oxazole rings is 2. The second-order valence-electron chi connectivity index (χ2n) is 11.6. The van der Waals surface area contributed by atoms with Gasteiger partial charge in [-0.2, -0.15) is 0 Å². The first-order valence-electron chi connectivity index (χ1n) is 15.0. The monoisotopic (exact) mass is 542 g/mol. The van der Waals surface area contributed by atoms with Gasteiger partial charge in [0.25, 0.3) is 0 Å². The summed E-state index contributed by atoms with van der Waals surface area (Å²) >= 11 is 0. The first-order chi connectivity index (χ1) is 19.9. The van der Waals surface area contributed by atoms with Crippen LogP contribution in [0, 0.1) is 0 Å². The van der Waals surface area contributed by atoms with Crippen LogP contribution in [0.25, 0.3) is 45.1 Å². The molecule has 0 fully saturated rings. The predicted molar refractivity (Wildman–Crippen MR) is 168 cm³/mol. The summed E-state index contributed by atoms with van der Waals surface area (Å²) < 4.78 is 12.3. The number of rotatable bonds is 10. The normalized spacial score (nSPS) is 12.0. The van der Waals surface area contributed by atoms with Crippen molar-refractivity contribution >= 4 is 22.2 Å². The molecule has 0 unspecified atom stereocenters. The van der Waals surface area contributed by atoms with Crippen molar-refractivity contribution in [2.75, 3.05) is 0 Å². The molecule has 0 atom stereocenters. The van der Waals surface area contributed by atoms with Crippen molar-refractivity contribution in [3.05, 3.63) is 107 Å². The van der Waals surface area contributed by atoms with Crippen LogP contribution in [0.4, 0.5) is 0 Å². The molecule has 0 radical (unpaired) electrons. The van der Waals surface area contributed by atoms with E-state index in [2.05, 4.69) is 100 Å². The van der Waals surface area contributed by atoms with Crippen molar-refractivity contribution in [1.29, 1.82) is 0 Å². The fourth-order valence-electron chi connectivity index (χ4n) is 5.44. The molecule has 0 amide bonds. The molecule has 0 aliphatic heterocycles. The molecule has 0 aliphatic rings. The van der Waals surface area contributed by atoms with Crippen LogP contribution in [0.5, 0.6) is 0 Å². The highest BCUT2D eigenvalue weighted by molar-refractivity contribution is 5.79. The summed E-state index contributed by atoms with van der Waals surface area (Å²) in [6, 6.07) is 29.8. The third kappa shape index (κ3) is 5.56. The molecule has 4 nitrogen and oxygen atoms in total. The van der Waals surface area contributed by atoms with Crippen molar-refractivity contribution in [3.63, 3.8) is 0 Å². The van der Waals surface area contributed by atoms with Crippen LogP contribution >= 0.6 is 0 Å². The van der Waals surface area contributed by atoms with Gasteiger partial charge in [0, 0.05) is 16.5 Å². The van der Waals surface area contributed by atoms with Crippen LogP contribution in [-0.2, 0) is 18.3 Å². The summed E-state index contributed by atoms with van der Waals surface area (Å²) in [4.78, 5) is 9.72. The molecule has 4 aromatic carbocycles. The Balaban J connectivity index is 1.25. The van der Waals surface area contributed by atoms with E-state index >= 15 is 0 Å². The molecule has 2 aromatic heterocycles. The second-order valence-corrected chi connectivity index (χ2v) is 11.6. The van der Waals surface area contributed by atoms with Crippen LogP contribution in [-0.4, -0.2) is 9.97 Å². The molecule has 208 valence electrons. The zero-order valence-electron chi connectivity index (χ0n) is 24.5. The Kier molecular flexibility index (Phi) is 7.49. The molecule has 0 aliphatic carbocycles. The number of aryl methyl sites for hydroxylation is 2. The van der Waals surface area contributed by atoms with E-state index in [1.807, 2.05) is 12.1 Å². The average Bonchev–Trinajstić information content (AvgIpc) is 3.63. The first kappa shape index (κ1) is 27.0. The molecule has 0 N–H and O–H groups in total. The molecule has 2 heterocycles. The minimum absolute atomic E-state index is 0.261. The second kappa shape index (κ2) is 11.4. The highest BCUT2D eigenvalue weighted by Gasteiger charge is 2.25. The Hall–Kier alpha value is -4.18. The molecule has 4 heteroatoms. The van der Waals surface area contributed by atoms with Gasteiger partial charge >= 0.3 is 0 Å². The SMILES string of the molecule is CCCCc1ccc(-c2nc3cc(C(C)(C)c4ccc5oc(-c6ccc(CCCC)cc6)nc5c4)ccc3o2)cc1. The number of hydrogen-bond donors (Lipinski definition) is 0. The van der Waals surface area contributed by atoms with Gasteiger partial charge in [-0.05, 0) is 96.5 Å². The Labute approximate surface area is 242 Å². The number of nitrogens with zero attached hydrogens (tertiary/aromatic N) is 2. The standard InChI is InChI=1S/C37H38N2O2/c1-5-7-9-25-11-15-27(16-12-25)35-38-31-23-29(19-21-33(31)40-35)37(3,4)30-20-22-34-32(24-30)39-36(41-34)28-17-13-26(14-18-28)10-8-6-2/h11-24H,5-10H2,1-4H3. The average molecular weight is 543 g/mol. The van der Waals surface area contributed by atoms with Gasteiger partial charge < -0.3 is 8.83 Å². The third-order valence-corrected chi connectivity index (χ3v) is 8.26. The number of benzene rings is 4. The van der Waals surface area contributed by atoms with Gasteiger partial charge in [-0.25, -0.2) is 9.97 Å². The summed E-state index contributed by atoms with van der Waals surface area (Å²) in [6.45, 7) is 8.92. The van der Waals surface area contributed by atoms with Gasteiger partial charge in [-0.1, -0.05) is 76.9 Å². The van der Waals surface area contributed by atoms with Gasteiger partial charge in [0.2, 0.25) is 11.8 Å². The van der Waals surface area contributed by atoms with E-state index in [9.17, 15) is 0 Å². The van der Waals surface area contributed by atoms with Crippen molar-refractivity contribution in [3.8, 4) is 22.9 Å². The summed E-state index contributed by atoms with van der Waals surface area (Å²) in [5.74, 6) is 1.32. The Morgan fingerprint density at radius 2 is 0.976 bits per heavy atom. The number of fused-ring (bicyclic) bond motifs is 2. The molecule has 6 aromatic rings. The molecular weight excluding hydrogens is 504 g/mol. The maximum Gasteiger partial charge on any atom is 0.227 e. The highest BCUT2D eigenvalue weighted by atomic mass is 16.4. The van der Waals surface area contributed by atoms with Gasteiger partial charge in [0.15, 0.2) is 11.2 Å². The van der Waals surface area contributed by atoms with Crippen molar-refractivity contribution < 1.29 is 8.83 Å².